The van der Waals surface area contributed by atoms with Crippen molar-refractivity contribution in [3.63, 3.8) is 0 Å². The maximum Gasteiger partial charge on any atom is 0.242 e. The molecule has 0 fully saturated rings. The molecule has 0 spiro atoms. The van der Waals surface area contributed by atoms with Crippen LogP contribution in [0.15, 0.2) is 77.3 Å². The second-order valence-electron chi connectivity index (χ2n) is 8.14. The summed E-state index contributed by atoms with van der Waals surface area (Å²) in [6.07, 6.45) is 0.700. The molecule has 2 amide bonds. The minimum atomic E-state index is -0.611. The Labute approximate surface area is 198 Å². The second kappa shape index (κ2) is 11.1. The van der Waals surface area contributed by atoms with Crippen LogP contribution < -0.4 is 5.32 Å². The van der Waals surface area contributed by atoms with E-state index in [1.54, 1.807) is 11.9 Å². The zero-order valence-corrected chi connectivity index (χ0v) is 20.4. The van der Waals surface area contributed by atoms with Gasteiger partial charge >= 0.3 is 0 Å². The molecule has 0 aliphatic heterocycles. The zero-order valence-electron chi connectivity index (χ0n) is 18.8. The molecule has 5 heteroatoms. The summed E-state index contributed by atoms with van der Waals surface area (Å²) < 4.78 is 0.941. The van der Waals surface area contributed by atoms with Crippen molar-refractivity contribution in [1.82, 2.24) is 10.2 Å². The van der Waals surface area contributed by atoms with Crippen molar-refractivity contribution >= 4 is 27.7 Å². The van der Waals surface area contributed by atoms with Gasteiger partial charge in [-0.15, -0.1) is 0 Å². The average molecular weight is 493 g/mol. The van der Waals surface area contributed by atoms with Gasteiger partial charge in [-0.1, -0.05) is 87.7 Å². The normalized spacial score (nSPS) is 11.6. The number of carbonyl (C=O) groups excluding carboxylic acids is 2. The van der Waals surface area contributed by atoms with Gasteiger partial charge in [-0.3, -0.25) is 9.59 Å². The SMILES string of the molecule is CNC(=O)[C@H](Cc1ccccc1)N(Cc1cccc(Br)c1)C(=O)Cc1cc(C)cc(C)c1. The number of nitrogens with zero attached hydrogens (tertiary/aromatic N) is 1. The number of carbonyl (C=O) groups is 2. The molecule has 0 unspecified atom stereocenters. The zero-order chi connectivity index (χ0) is 23.1. The average Bonchev–Trinajstić information content (AvgIpc) is 2.75. The van der Waals surface area contributed by atoms with Gasteiger partial charge in [-0.25, -0.2) is 0 Å². The molecular formula is C27H29BrN2O2. The van der Waals surface area contributed by atoms with Gasteiger partial charge in [0, 0.05) is 24.5 Å². The molecular weight excluding hydrogens is 464 g/mol. The predicted molar refractivity (Wildman–Crippen MR) is 132 cm³/mol. The third-order valence-electron chi connectivity index (χ3n) is 5.40. The van der Waals surface area contributed by atoms with Gasteiger partial charge in [0.15, 0.2) is 0 Å². The van der Waals surface area contributed by atoms with Crippen molar-refractivity contribution in [3.8, 4) is 0 Å². The Morgan fingerprint density at radius 1 is 0.875 bits per heavy atom. The maximum absolute atomic E-state index is 13.6. The Morgan fingerprint density at radius 2 is 1.53 bits per heavy atom. The van der Waals surface area contributed by atoms with Gasteiger partial charge in [0.2, 0.25) is 11.8 Å². The van der Waals surface area contributed by atoms with Crippen LogP contribution in [0.2, 0.25) is 0 Å². The highest BCUT2D eigenvalue weighted by Crippen LogP contribution is 2.19. The second-order valence-corrected chi connectivity index (χ2v) is 9.06. The summed E-state index contributed by atoms with van der Waals surface area (Å²) in [7, 11) is 1.62. The smallest absolute Gasteiger partial charge is 0.242 e. The van der Waals surface area contributed by atoms with Crippen LogP contribution in [-0.2, 0) is 29.0 Å². The lowest BCUT2D eigenvalue weighted by molar-refractivity contribution is -0.140. The van der Waals surface area contributed by atoms with Gasteiger partial charge in [-0.05, 0) is 42.7 Å². The molecule has 166 valence electrons. The first kappa shape index (κ1) is 23.7. The molecule has 0 radical (unpaired) electrons. The Hall–Kier alpha value is -2.92. The van der Waals surface area contributed by atoms with Crippen molar-refractivity contribution in [3.05, 3.63) is 105 Å². The summed E-state index contributed by atoms with van der Waals surface area (Å²) >= 11 is 3.51. The minimum Gasteiger partial charge on any atom is -0.357 e. The first-order chi connectivity index (χ1) is 15.4. The Kier molecular flexibility index (Phi) is 8.23. The highest BCUT2D eigenvalue weighted by Gasteiger charge is 2.29. The summed E-state index contributed by atoms with van der Waals surface area (Å²) in [6.45, 7) is 4.42. The highest BCUT2D eigenvalue weighted by molar-refractivity contribution is 9.10. The van der Waals surface area contributed by atoms with E-state index in [1.807, 2.05) is 80.6 Å². The van der Waals surface area contributed by atoms with Crippen LogP contribution in [0.25, 0.3) is 0 Å². The molecule has 0 aliphatic rings. The number of benzene rings is 3. The molecule has 1 N–H and O–H groups in total. The number of likely N-dealkylation sites (N-methyl/N-ethyl adjacent to an activating group) is 1. The lowest BCUT2D eigenvalue weighted by Crippen LogP contribution is -2.50. The lowest BCUT2D eigenvalue weighted by Gasteiger charge is -2.31. The van der Waals surface area contributed by atoms with Crippen molar-refractivity contribution in [2.24, 2.45) is 0 Å². The number of hydrogen-bond donors (Lipinski definition) is 1. The van der Waals surface area contributed by atoms with Crippen molar-refractivity contribution in [1.29, 1.82) is 0 Å². The number of nitrogens with one attached hydrogen (secondary N) is 1. The first-order valence-corrected chi connectivity index (χ1v) is 11.5. The predicted octanol–water partition coefficient (Wildman–Crippen LogP) is 4.99. The minimum absolute atomic E-state index is 0.0699. The molecule has 1 atom stereocenters. The van der Waals surface area contributed by atoms with Crippen LogP contribution in [0.3, 0.4) is 0 Å². The van der Waals surface area contributed by atoms with Crippen LogP contribution in [0.5, 0.6) is 0 Å². The van der Waals surface area contributed by atoms with Gasteiger partial charge in [0.25, 0.3) is 0 Å². The summed E-state index contributed by atoms with van der Waals surface area (Å²) in [5.74, 6) is -0.239. The summed E-state index contributed by atoms with van der Waals surface area (Å²) in [5, 5.41) is 2.76. The Balaban J connectivity index is 1.96. The summed E-state index contributed by atoms with van der Waals surface area (Å²) in [5.41, 5.74) is 5.19. The molecule has 3 aromatic rings. The van der Waals surface area contributed by atoms with E-state index in [2.05, 4.69) is 27.3 Å². The van der Waals surface area contributed by atoms with E-state index in [1.165, 1.54) is 0 Å². The standard InChI is InChI=1S/C27H29BrN2O2/c1-19-12-20(2)14-23(13-19)17-26(31)30(18-22-10-7-11-24(28)15-22)25(27(32)29-3)16-21-8-5-4-6-9-21/h4-15,25H,16-18H2,1-3H3,(H,29,32)/t25-/m0/s1. The van der Waals surface area contributed by atoms with Gasteiger partial charge in [0.05, 0.1) is 6.42 Å². The third-order valence-corrected chi connectivity index (χ3v) is 5.89. The van der Waals surface area contributed by atoms with Crippen LogP contribution in [0.1, 0.15) is 27.8 Å². The van der Waals surface area contributed by atoms with E-state index >= 15 is 0 Å². The third kappa shape index (κ3) is 6.54. The maximum atomic E-state index is 13.6. The molecule has 4 nitrogen and oxygen atoms in total. The van der Waals surface area contributed by atoms with Gasteiger partial charge in [-0.2, -0.15) is 0 Å². The van der Waals surface area contributed by atoms with Crippen molar-refractivity contribution in [2.75, 3.05) is 7.05 Å². The van der Waals surface area contributed by atoms with Crippen LogP contribution >= 0.6 is 15.9 Å². The quantitative estimate of drug-likeness (QED) is 0.481. The van der Waals surface area contributed by atoms with E-state index in [0.29, 0.717) is 13.0 Å². The van der Waals surface area contributed by atoms with Crippen molar-refractivity contribution in [2.45, 2.75) is 39.3 Å². The molecule has 0 bridgehead atoms. The van der Waals surface area contributed by atoms with E-state index < -0.39 is 6.04 Å². The monoisotopic (exact) mass is 492 g/mol. The number of amides is 2. The Morgan fingerprint density at radius 3 is 2.16 bits per heavy atom. The van der Waals surface area contributed by atoms with E-state index in [9.17, 15) is 9.59 Å². The van der Waals surface area contributed by atoms with Crippen LogP contribution in [0.4, 0.5) is 0 Å². The van der Waals surface area contributed by atoms with E-state index in [-0.39, 0.29) is 18.2 Å². The Bertz CT molecular complexity index is 1060. The largest absolute Gasteiger partial charge is 0.357 e. The molecule has 0 aromatic heterocycles. The van der Waals surface area contributed by atoms with E-state index in [4.69, 9.17) is 0 Å². The fraction of sp³-hybridized carbons (Fsp3) is 0.259. The lowest BCUT2D eigenvalue weighted by atomic mass is 10.0. The number of rotatable bonds is 8. The summed E-state index contributed by atoms with van der Waals surface area (Å²) in [4.78, 5) is 28.3. The fourth-order valence-electron chi connectivity index (χ4n) is 4.00. The molecule has 3 rings (SSSR count). The number of aryl methyl sites for hydroxylation is 2. The van der Waals surface area contributed by atoms with Gasteiger partial charge in [0.1, 0.15) is 6.04 Å². The first-order valence-electron chi connectivity index (χ1n) is 10.7. The molecule has 0 heterocycles. The van der Waals surface area contributed by atoms with Gasteiger partial charge < -0.3 is 10.2 Å². The van der Waals surface area contributed by atoms with Crippen molar-refractivity contribution < 1.29 is 9.59 Å². The molecule has 3 aromatic carbocycles. The fourth-order valence-corrected chi connectivity index (χ4v) is 4.45. The number of halogens is 1. The van der Waals surface area contributed by atoms with Crippen LogP contribution in [0, 0.1) is 13.8 Å². The highest BCUT2D eigenvalue weighted by atomic mass is 79.9. The number of hydrogen-bond acceptors (Lipinski definition) is 2. The summed E-state index contributed by atoms with van der Waals surface area (Å²) in [6, 6.07) is 23.2. The molecule has 0 aliphatic carbocycles. The van der Waals surface area contributed by atoms with E-state index in [0.717, 1.165) is 32.3 Å². The molecule has 0 saturated carbocycles. The molecule has 0 saturated heterocycles. The van der Waals surface area contributed by atoms with Crippen LogP contribution in [-0.4, -0.2) is 29.8 Å². The topological polar surface area (TPSA) is 49.4 Å². The molecule has 32 heavy (non-hydrogen) atoms.